The van der Waals surface area contributed by atoms with Crippen LogP contribution in [0.25, 0.3) is 0 Å². The fourth-order valence-corrected chi connectivity index (χ4v) is 1.84. The molecule has 3 heteroatoms. The first-order valence-electron chi connectivity index (χ1n) is 6.16. The van der Waals surface area contributed by atoms with Gasteiger partial charge in [0, 0.05) is 0 Å². The molecule has 0 aromatic carbocycles. The summed E-state index contributed by atoms with van der Waals surface area (Å²) in [7, 11) is 0. The Morgan fingerprint density at radius 2 is 1.80 bits per heavy atom. The molecule has 0 spiro atoms. The van der Waals surface area contributed by atoms with E-state index in [1.165, 1.54) is 38.5 Å². The zero-order valence-corrected chi connectivity index (χ0v) is 9.67. The van der Waals surface area contributed by atoms with Gasteiger partial charge in [-0.15, -0.1) is 0 Å². The average Bonchev–Trinajstić information content (AvgIpc) is 2.63. The van der Waals surface area contributed by atoms with Gasteiger partial charge in [0.2, 0.25) is 0 Å². The lowest BCUT2D eigenvalue weighted by Crippen LogP contribution is -2.09. The molecule has 88 valence electrons. The van der Waals surface area contributed by atoms with Crippen molar-refractivity contribution in [1.82, 2.24) is 0 Å². The smallest absolute Gasteiger partial charge is 0.430 e. The molecule has 0 saturated carbocycles. The molecule has 1 aliphatic rings. The van der Waals surface area contributed by atoms with Crippen LogP contribution in [0.15, 0.2) is 0 Å². The maximum absolute atomic E-state index is 10.6. The number of ether oxygens (including phenoxy) is 2. The molecule has 0 aliphatic carbocycles. The summed E-state index contributed by atoms with van der Waals surface area (Å²) in [6, 6.07) is 0. The van der Waals surface area contributed by atoms with E-state index in [2.05, 4.69) is 6.92 Å². The molecule has 1 rings (SSSR count). The highest BCUT2D eigenvalue weighted by Gasteiger charge is 2.23. The van der Waals surface area contributed by atoms with Gasteiger partial charge < -0.3 is 9.47 Å². The minimum absolute atomic E-state index is 0.0214. The summed E-state index contributed by atoms with van der Waals surface area (Å²) in [5, 5.41) is 0. The van der Waals surface area contributed by atoms with Gasteiger partial charge in [-0.2, -0.15) is 0 Å². The molecule has 1 fully saturated rings. The van der Waals surface area contributed by atoms with Gasteiger partial charge in [0.25, 0.3) is 0 Å². The van der Waals surface area contributed by atoms with Gasteiger partial charge in [-0.05, 0) is 12.8 Å². The highest BCUT2D eigenvalue weighted by molar-refractivity contribution is 5.61. The number of carbonyl (C=O) groups excluding carboxylic acids is 1. The third kappa shape index (κ3) is 5.65. The summed E-state index contributed by atoms with van der Waals surface area (Å²) in [5.74, 6) is 0. The Bertz CT molecular complexity index is 180. The molecule has 0 radical (unpaired) electrons. The standard InChI is InChI=1S/C12H22O3/c1-2-3-4-5-6-7-8-9-11-10-14-12(13)15-11/h11H,2-10H2,1H3. The molecule has 1 unspecified atom stereocenters. The van der Waals surface area contributed by atoms with Crippen molar-refractivity contribution in [3.8, 4) is 0 Å². The Labute approximate surface area is 92.1 Å². The summed E-state index contributed by atoms with van der Waals surface area (Å²) in [4.78, 5) is 10.6. The fraction of sp³-hybridized carbons (Fsp3) is 0.917. The summed E-state index contributed by atoms with van der Waals surface area (Å²) in [5.41, 5.74) is 0. The Morgan fingerprint density at radius 1 is 1.13 bits per heavy atom. The van der Waals surface area contributed by atoms with Crippen LogP contribution in [0.3, 0.4) is 0 Å². The lowest BCUT2D eigenvalue weighted by atomic mass is 10.1. The second-order valence-electron chi connectivity index (χ2n) is 4.21. The van der Waals surface area contributed by atoms with Crippen LogP contribution >= 0.6 is 0 Å². The van der Waals surface area contributed by atoms with Crippen LogP contribution in [0, 0.1) is 0 Å². The number of cyclic esters (lactones) is 2. The van der Waals surface area contributed by atoms with E-state index in [-0.39, 0.29) is 6.10 Å². The van der Waals surface area contributed by atoms with E-state index in [1.807, 2.05) is 0 Å². The molecule has 0 aromatic rings. The topological polar surface area (TPSA) is 35.5 Å². The SMILES string of the molecule is CCCCCCCCCC1COC(=O)O1. The van der Waals surface area contributed by atoms with Crippen LogP contribution in [-0.4, -0.2) is 18.9 Å². The van der Waals surface area contributed by atoms with Crippen molar-refractivity contribution >= 4 is 6.16 Å². The third-order valence-corrected chi connectivity index (χ3v) is 2.78. The Hall–Kier alpha value is -0.730. The van der Waals surface area contributed by atoms with Crippen molar-refractivity contribution in [1.29, 1.82) is 0 Å². The monoisotopic (exact) mass is 214 g/mol. The van der Waals surface area contributed by atoms with E-state index in [9.17, 15) is 4.79 Å². The lowest BCUT2D eigenvalue weighted by molar-refractivity contribution is 0.115. The van der Waals surface area contributed by atoms with Crippen LogP contribution < -0.4 is 0 Å². The zero-order chi connectivity index (χ0) is 10.9. The third-order valence-electron chi connectivity index (χ3n) is 2.78. The van der Waals surface area contributed by atoms with E-state index in [1.54, 1.807) is 0 Å². The molecule has 0 bridgehead atoms. The van der Waals surface area contributed by atoms with E-state index in [0.29, 0.717) is 6.61 Å². The minimum atomic E-state index is -0.497. The number of hydrogen-bond donors (Lipinski definition) is 0. The Balaban J connectivity index is 1.83. The number of carbonyl (C=O) groups is 1. The molecular formula is C12H22O3. The molecule has 0 amide bonds. The van der Waals surface area contributed by atoms with Gasteiger partial charge in [-0.3, -0.25) is 0 Å². The zero-order valence-electron chi connectivity index (χ0n) is 9.67. The average molecular weight is 214 g/mol. The van der Waals surface area contributed by atoms with Crippen LogP contribution in [0.5, 0.6) is 0 Å². The summed E-state index contributed by atoms with van der Waals surface area (Å²) in [6.45, 7) is 2.68. The normalized spacial score (nSPS) is 20.1. The second-order valence-corrected chi connectivity index (χ2v) is 4.21. The van der Waals surface area contributed by atoms with Crippen molar-refractivity contribution in [3.05, 3.63) is 0 Å². The maximum atomic E-state index is 10.6. The highest BCUT2D eigenvalue weighted by Crippen LogP contribution is 2.15. The largest absolute Gasteiger partial charge is 0.508 e. The fourth-order valence-electron chi connectivity index (χ4n) is 1.84. The maximum Gasteiger partial charge on any atom is 0.508 e. The van der Waals surface area contributed by atoms with E-state index >= 15 is 0 Å². The number of hydrogen-bond acceptors (Lipinski definition) is 3. The van der Waals surface area contributed by atoms with Crippen molar-refractivity contribution in [2.24, 2.45) is 0 Å². The molecule has 0 N–H and O–H groups in total. The molecule has 1 atom stereocenters. The van der Waals surface area contributed by atoms with Crippen molar-refractivity contribution in [3.63, 3.8) is 0 Å². The van der Waals surface area contributed by atoms with Gasteiger partial charge in [-0.1, -0.05) is 45.4 Å². The Morgan fingerprint density at radius 3 is 2.40 bits per heavy atom. The molecule has 3 nitrogen and oxygen atoms in total. The minimum Gasteiger partial charge on any atom is -0.430 e. The summed E-state index contributed by atoms with van der Waals surface area (Å²) >= 11 is 0. The summed E-state index contributed by atoms with van der Waals surface area (Å²) in [6.07, 6.45) is 9.54. The van der Waals surface area contributed by atoms with Crippen LogP contribution in [0.4, 0.5) is 4.79 Å². The molecule has 0 aromatic heterocycles. The van der Waals surface area contributed by atoms with E-state index < -0.39 is 6.16 Å². The van der Waals surface area contributed by atoms with Crippen LogP contribution in [0.1, 0.15) is 58.3 Å². The number of unbranched alkanes of at least 4 members (excludes halogenated alkanes) is 6. The first-order chi connectivity index (χ1) is 7.33. The van der Waals surface area contributed by atoms with Gasteiger partial charge in [0.1, 0.15) is 12.7 Å². The van der Waals surface area contributed by atoms with E-state index in [4.69, 9.17) is 9.47 Å². The van der Waals surface area contributed by atoms with Crippen LogP contribution in [-0.2, 0) is 9.47 Å². The van der Waals surface area contributed by atoms with Crippen molar-refractivity contribution in [2.75, 3.05) is 6.61 Å². The van der Waals surface area contributed by atoms with Gasteiger partial charge in [0.05, 0.1) is 0 Å². The first kappa shape index (κ1) is 12.3. The number of rotatable bonds is 8. The molecule has 15 heavy (non-hydrogen) atoms. The van der Waals surface area contributed by atoms with Gasteiger partial charge in [0.15, 0.2) is 0 Å². The lowest BCUT2D eigenvalue weighted by Gasteiger charge is -2.05. The van der Waals surface area contributed by atoms with Crippen molar-refractivity contribution in [2.45, 2.75) is 64.4 Å². The molecule has 1 saturated heterocycles. The van der Waals surface area contributed by atoms with E-state index in [0.717, 1.165) is 12.8 Å². The molecule has 1 heterocycles. The van der Waals surface area contributed by atoms with Crippen LogP contribution in [0.2, 0.25) is 0 Å². The Kier molecular flexibility index (Phi) is 6.21. The predicted molar refractivity (Wildman–Crippen MR) is 58.8 cm³/mol. The highest BCUT2D eigenvalue weighted by atomic mass is 16.8. The van der Waals surface area contributed by atoms with Gasteiger partial charge in [-0.25, -0.2) is 4.79 Å². The van der Waals surface area contributed by atoms with Gasteiger partial charge >= 0.3 is 6.16 Å². The molecular weight excluding hydrogens is 192 g/mol. The molecule has 1 aliphatic heterocycles. The summed E-state index contributed by atoms with van der Waals surface area (Å²) < 4.78 is 9.66. The second kappa shape index (κ2) is 7.55. The predicted octanol–water partition coefficient (Wildman–Crippen LogP) is 3.66. The quantitative estimate of drug-likeness (QED) is 0.457. The first-order valence-corrected chi connectivity index (χ1v) is 6.16. The van der Waals surface area contributed by atoms with Crippen molar-refractivity contribution < 1.29 is 14.3 Å².